The van der Waals surface area contributed by atoms with Crippen LogP contribution in [-0.2, 0) is 17.9 Å². The van der Waals surface area contributed by atoms with Gasteiger partial charge in [0, 0.05) is 43.2 Å². The predicted octanol–water partition coefficient (Wildman–Crippen LogP) is 4.05. The Bertz CT molecular complexity index is 1110. The van der Waals surface area contributed by atoms with Crippen LogP contribution in [0.5, 0.6) is 5.75 Å². The molecule has 1 unspecified atom stereocenters. The van der Waals surface area contributed by atoms with E-state index in [2.05, 4.69) is 10.2 Å². The molecule has 3 aromatic rings. The van der Waals surface area contributed by atoms with Gasteiger partial charge in [0.1, 0.15) is 11.8 Å². The van der Waals surface area contributed by atoms with Crippen LogP contribution in [0.3, 0.4) is 0 Å². The highest BCUT2D eigenvalue weighted by Crippen LogP contribution is 2.25. The first-order valence-corrected chi connectivity index (χ1v) is 12.0. The van der Waals surface area contributed by atoms with Crippen molar-refractivity contribution in [1.29, 1.82) is 0 Å². The molecule has 4 rings (SSSR count). The summed E-state index contributed by atoms with van der Waals surface area (Å²) in [6, 6.07) is 20.1. The van der Waals surface area contributed by atoms with E-state index in [1.807, 2.05) is 42.5 Å². The zero-order valence-corrected chi connectivity index (χ0v) is 19.9. The summed E-state index contributed by atoms with van der Waals surface area (Å²) in [4.78, 5) is 31.7. The first kappa shape index (κ1) is 23.3. The molecule has 2 amide bonds. The number of piperazine rings is 1. The van der Waals surface area contributed by atoms with Crippen LogP contribution in [0.1, 0.15) is 20.8 Å². The van der Waals surface area contributed by atoms with Gasteiger partial charge in [-0.05, 0) is 35.9 Å². The van der Waals surface area contributed by atoms with E-state index < -0.39 is 6.04 Å². The molecule has 33 heavy (non-hydrogen) atoms. The molecule has 0 spiro atoms. The summed E-state index contributed by atoms with van der Waals surface area (Å²) in [5.41, 5.74) is 1.52. The van der Waals surface area contributed by atoms with E-state index in [4.69, 9.17) is 16.3 Å². The van der Waals surface area contributed by atoms with Crippen molar-refractivity contribution in [3.8, 4) is 5.75 Å². The molecular weight excluding hydrogens is 458 g/mol. The van der Waals surface area contributed by atoms with E-state index in [1.165, 1.54) is 11.3 Å². The number of ether oxygens (including phenoxy) is 1. The number of carbonyl (C=O) groups is 2. The molecule has 1 aromatic heterocycles. The first-order valence-electron chi connectivity index (χ1n) is 10.8. The van der Waals surface area contributed by atoms with Crippen molar-refractivity contribution in [1.82, 2.24) is 15.1 Å². The molecule has 172 valence electrons. The molecule has 1 saturated heterocycles. The Morgan fingerprint density at radius 2 is 1.91 bits per heavy atom. The summed E-state index contributed by atoms with van der Waals surface area (Å²) in [6.07, 6.45) is 0. The molecule has 6 nitrogen and oxygen atoms in total. The second-order valence-corrected chi connectivity index (χ2v) is 9.69. The molecular formula is C25H26ClN3O3S. The fraction of sp³-hybridized carbons (Fsp3) is 0.280. The highest BCUT2D eigenvalue weighted by Gasteiger charge is 2.36. The number of hydrogen-bond donors (Lipinski definition) is 1. The van der Waals surface area contributed by atoms with Crippen molar-refractivity contribution < 1.29 is 14.3 Å². The Morgan fingerprint density at radius 3 is 2.64 bits per heavy atom. The van der Waals surface area contributed by atoms with Crippen molar-refractivity contribution in [2.75, 3.05) is 26.7 Å². The number of halogens is 1. The second kappa shape index (κ2) is 10.8. The molecule has 1 aliphatic rings. The zero-order valence-electron chi connectivity index (χ0n) is 18.4. The average molecular weight is 484 g/mol. The molecule has 1 aliphatic heterocycles. The van der Waals surface area contributed by atoms with Crippen LogP contribution in [-0.4, -0.2) is 54.4 Å². The summed E-state index contributed by atoms with van der Waals surface area (Å²) < 4.78 is 6.02. The third-order valence-corrected chi connectivity index (χ3v) is 6.88. The number of carbonyl (C=O) groups excluding carboxylic acids is 2. The van der Waals surface area contributed by atoms with E-state index in [0.29, 0.717) is 44.0 Å². The Labute approximate surface area is 202 Å². The summed E-state index contributed by atoms with van der Waals surface area (Å²) in [5, 5.41) is 3.01. The molecule has 0 bridgehead atoms. The summed E-state index contributed by atoms with van der Waals surface area (Å²) in [5.74, 6) is 0.274. The predicted molar refractivity (Wildman–Crippen MR) is 131 cm³/mol. The van der Waals surface area contributed by atoms with Crippen LogP contribution < -0.4 is 10.1 Å². The van der Waals surface area contributed by atoms with E-state index in [1.54, 1.807) is 36.3 Å². The number of rotatable bonds is 7. The van der Waals surface area contributed by atoms with Crippen LogP contribution in [0, 0.1) is 0 Å². The number of nitrogens with one attached hydrogen (secondary N) is 1. The molecule has 1 N–H and O–H groups in total. The quantitative estimate of drug-likeness (QED) is 0.550. The maximum absolute atomic E-state index is 13.4. The molecule has 1 fully saturated rings. The van der Waals surface area contributed by atoms with E-state index in [9.17, 15) is 9.59 Å². The number of nitrogens with zero attached hydrogens (tertiary/aromatic N) is 2. The van der Waals surface area contributed by atoms with Crippen LogP contribution in [0.2, 0.25) is 4.34 Å². The average Bonchev–Trinajstić information content (AvgIpc) is 3.27. The first-order chi connectivity index (χ1) is 16.0. The number of methoxy groups -OCH3 is 1. The fourth-order valence-electron chi connectivity index (χ4n) is 3.93. The molecule has 2 heterocycles. The Hall–Kier alpha value is -2.87. The van der Waals surface area contributed by atoms with Gasteiger partial charge in [-0.3, -0.25) is 14.5 Å². The van der Waals surface area contributed by atoms with Crippen LogP contribution in [0.4, 0.5) is 0 Å². The van der Waals surface area contributed by atoms with Gasteiger partial charge < -0.3 is 15.0 Å². The van der Waals surface area contributed by atoms with Gasteiger partial charge in [0.2, 0.25) is 5.91 Å². The number of amides is 2. The van der Waals surface area contributed by atoms with Gasteiger partial charge in [-0.2, -0.15) is 0 Å². The SMILES string of the molecule is COc1cccc(C(=O)N2CCN(Cc3ccc(Cl)s3)CC2C(=O)NCc2ccccc2)c1. The maximum Gasteiger partial charge on any atom is 0.254 e. The third kappa shape index (κ3) is 5.93. The van der Waals surface area contributed by atoms with Gasteiger partial charge >= 0.3 is 0 Å². The molecule has 0 saturated carbocycles. The highest BCUT2D eigenvalue weighted by atomic mass is 35.5. The lowest BCUT2D eigenvalue weighted by atomic mass is 10.1. The minimum atomic E-state index is -0.600. The van der Waals surface area contributed by atoms with E-state index in [0.717, 1.165) is 14.8 Å². The van der Waals surface area contributed by atoms with Crippen molar-refractivity contribution in [2.45, 2.75) is 19.1 Å². The van der Waals surface area contributed by atoms with Crippen LogP contribution in [0.25, 0.3) is 0 Å². The normalized spacial score (nSPS) is 16.4. The number of hydrogen-bond acceptors (Lipinski definition) is 5. The van der Waals surface area contributed by atoms with Gasteiger partial charge in [0.05, 0.1) is 11.4 Å². The number of benzene rings is 2. The maximum atomic E-state index is 13.4. The van der Waals surface area contributed by atoms with E-state index in [-0.39, 0.29) is 11.8 Å². The lowest BCUT2D eigenvalue weighted by molar-refractivity contribution is -0.128. The summed E-state index contributed by atoms with van der Waals surface area (Å²) >= 11 is 7.62. The van der Waals surface area contributed by atoms with E-state index >= 15 is 0 Å². The summed E-state index contributed by atoms with van der Waals surface area (Å²) in [6.45, 7) is 2.69. The smallest absolute Gasteiger partial charge is 0.254 e. The fourth-order valence-corrected chi connectivity index (χ4v) is 5.06. The van der Waals surface area contributed by atoms with Crippen molar-refractivity contribution in [2.24, 2.45) is 0 Å². The minimum absolute atomic E-state index is 0.163. The highest BCUT2D eigenvalue weighted by molar-refractivity contribution is 7.16. The zero-order chi connectivity index (χ0) is 23.2. The van der Waals surface area contributed by atoms with Crippen LogP contribution >= 0.6 is 22.9 Å². The summed E-state index contributed by atoms with van der Waals surface area (Å²) in [7, 11) is 1.57. The van der Waals surface area contributed by atoms with Crippen molar-refractivity contribution in [3.05, 3.63) is 87.1 Å². The topological polar surface area (TPSA) is 61.9 Å². The molecule has 0 aliphatic carbocycles. The minimum Gasteiger partial charge on any atom is -0.497 e. The van der Waals surface area contributed by atoms with Gasteiger partial charge in [-0.25, -0.2) is 0 Å². The molecule has 1 atom stereocenters. The van der Waals surface area contributed by atoms with Gasteiger partial charge in [0.15, 0.2) is 0 Å². The van der Waals surface area contributed by atoms with Crippen molar-refractivity contribution >= 4 is 34.8 Å². The van der Waals surface area contributed by atoms with Gasteiger partial charge in [-0.15, -0.1) is 11.3 Å². The molecule has 0 radical (unpaired) electrons. The monoisotopic (exact) mass is 483 g/mol. The van der Waals surface area contributed by atoms with Crippen LogP contribution in [0.15, 0.2) is 66.7 Å². The van der Waals surface area contributed by atoms with Gasteiger partial charge in [0.25, 0.3) is 5.91 Å². The lowest BCUT2D eigenvalue weighted by Gasteiger charge is -2.40. The standard InChI is InChI=1S/C25H26ClN3O3S/c1-32-20-9-5-8-19(14-20)25(31)29-13-12-28(16-21-10-11-23(26)33-21)17-22(29)24(30)27-15-18-6-3-2-4-7-18/h2-11,14,22H,12-13,15-17H2,1H3,(H,27,30). The Kier molecular flexibility index (Phi) is 7.65. The lowest BCUT2D eigenvalue weighted by Crippen LogP contribution is -2.60. The Balaban J connectivity index is 1.51. The largest absolute Gasteiger partial charge is 0.497 e. The second-order valence-electron chi connectivity index (χ2n) is 7.89. The third-order valence-electron chi connectivity index (χ3n) is 5.66. The molecule has 2 aromatic carbocycles. The number of thiophene rings is 1. The van der Waals surface area contributed by atoms with Crippen molar-refractivity contribution in [3.63, 3.8) is 0 Å². The van der Waals surface area contributed by atoms with Gasteiger partial charge in [-0.1, -0.05) is 48.0 Å². The molecule has 8 heteroatoms. The Morgan fingerprint density at radius 1 is 1.09 bits per heavy atom.